The summed E-state index contributed by atoms with van der Waals surface area (Å²) in [6, 6.07) is 0. The van der Waals surface area contributed by atoms with E-state index in [0.29, 0.717) is 18.8 Å². The van der Waals surface area contributed by atoms with E-state index in [2.05, 4.69) is 19.2 Å². The Morgan fingerprint density at radius 1 is 1.28 bits per heavy atom. The largest absolute Gasteiger partial charge is 0.381 e. The van der Waals surface area contributed by atoms with E-state index in [1.807, 2.05) is 0 Å². The van der Waals surface area contributed by atoms with Crippen LogP contribution in [0.25, 0.3) is 0 Å². The molecule has 0 bridgehead atoms. The second kappa shape index (κ2) is 6.33. The first-order chi connectivity index (χ1) is 8.59. The lowest BCUT2D eigenvalue weighted by molar-refractivity contribution is -0.136. The van der Waals surface area contributed by atoms with E-state index in [1.165, 1.54) is 12.8 Å². The number of methoxy groups -OCH3 is 1. The van der Waals surface area contributed by atoms with Gasteiger partial charge in [0, 0.05) is 20.2 Å². The zero-order chi connectivity index (χ0) is 13.0. The SMILES string of the molecule is COC1CCCC(OCC2CNCC(C)(C)O2)C1. The van der Waals surface area contributed by atoms with Crippen LogP contribution in [0.5, 0.6) is 0 Å². The van der Waals surface area contributed by atoms with E-state index in [1.54, 1.807) is 7.11 Å². The summed E-state index contributed by atoms with van der Waals surface area (Å²) in [6.07, 6.45) is 5.46. The van der Waals surface area contributed by atoms with Crippen molar-refractivity contribution in [2.75, 3.05) is 26.8 Å². The molecule has 1 aliphatic carbocycles. The molecule has 0 spiro atoms. The molecule has 0 aromatic heterocycles. The first-order valence-corrected chi connectivity index (χ1v) is 7.12. The molecule has 4 heteroatoms. The summed E-state index contributed by atoms with van der Waals surface area (Å²) >= 11 is 0. The highest BCUT2D eigenvalue weighted by Gasteiger charge is 2.29. The Morgan fingerprint density at radius 3 is 2.78 bits per heavy atom. The van der Waals surface area contributed by atoms with Crippen LogP contribution >= 0.6 is 0 Å². The Balaban J connectivity index is 1.70. The normalized spacial score (nSPS) is 36.5. The van der Waals surface area contributed by atoms with Crippen molar-refractivity contribution in [2.45, 2.75) is 63.4 Å². The molecule has 1 saturated heterocycles. The summed E-state index contributed by atoms with van der Waals surface area (Å²) in [4.78, 5) is 0. The van der Waals surface area contributed by atoms with Crippen LogP contribution in [0.4, 0.5) is 0 Å². The lowest BCUT2D eigenvalue weighted by Crippen LogP contribution is -2.52. The minimum atomic E-state index is -0.0755. The molecule has 18 heavy (non-hydrogen) atoms. The van der Waals surface area contributed by atoms with Crippen LogP contribution in [0.15, 0.2) is 0 Å². The van der Waals surface area contributed by atoms with Gasteiger partial charge in [-0.3, -0.25) is 0 Å². The van der Waals surface area contributed by atoms with Crippen LogP contribution in [-0.2, 0) is 14.2 Å². The molecular formula is C14H27NO3. The van der Waals surface area contributed by atoms with Crippen LogP contribution in [0.3, 0.4) is 0 Å². The third-order valence-electron chi connectivity index (χ3n) is 3.84. The molecule has 2 aliphatic rings. The number of hydrogen-bond donors (Lipinski definition) is 1. The second-order valence-corrected chi connectivity index (χ2v) is 6.11. The third-order valence-corrected chi connectivity index (χ3v) is 3.84. The van der Waals surface area contributed by atoms with Crippen LogP contribution in [0.2, 0.25) is 0 Å². The van der Waals surface area contributed by atoms with Crippen LogP contribution in [-0.4, -0.2) is 50.7 Å². The lowest BCUT2D eigenvalue weighted by atomic mass is 9.95. The van der Waals surface area contributed by atoms with Crippen molar-refractivity contribution in [3.63, 3.8) is 0 Å². The van der Waals surface area contributed by atoms with E-state index >= 15 is 0 Å². The minimum absolute atomic E-state index is 0.0755. The molecule has 3 unspecified atom stereocenters. The standard InChI is InChI=1S/C14H27NO3/c1-14(2)10-15-8-13(18-14)9-17-12-6-4-5-11(7-12)16-3/h11-13,15H,4-10H2,1-3H3. The molecule has 1 N–H and O–H groups in total. The van der Waals surface area contributed by atoms with Crippen LogP contribution < -0.4 is 5.32 Å². The van der Waals surface area contributed by atoms with Gasteiger partial charge in [0.1, 0.15) is 0 Å². The summed E-state index contributed by atoms with van der Waals surface area (Å²) in [5, 5.41) is 3.40. The van der Waals surface area contributed by atoms with E-state index in [4.69, 9.17) is 14.2 Å². The fourth-order valence-corrected chi connectivity index (χ4v) is 2.87. The number of nitrogens with one attached hydrogen (secondary N) is 1. The van der Waals surface area contributed by atoms with Gasteiger partial charge in [-0.05, 0) is 39.5 Å². The van der Waals surface area contributed by atoms with Crippen molar-refractivity contribution in [1.29, 1.82) is 0 Å². The maximum atomic E-state index is 6.00. The topological polar surface area (TPSA) is 39.7 Å². The maximum Gasteiger partial charge on any atom is 0.0940 e. The molecule has 3 atom stereocenters. The average molecular weight is 257 g/mol. The number of ether oxygens (including phenoxy) is 3. The first kappa shape index (κ1) is 14.3. The fraction of sp³-hybridized carbons (Fsp3) is 1.00. The Hall–Kier alpha value is -0.160. The quantitative estimate of drug-likeness (QED) is 0.832. The van der Waals surface area contributed by atoms with Gasteiger partial charge in [-0.15, -0.1) is 0 Å². The highest BCUT2D eigenvalue weighted by atomic mass is 16.6. The van der Waals surface area contributed by atoms with Crippen molar-refractivity contribution in [3.05, 3.63) is 0 Å². The fourth-order valence-electron chi connectivity index (χ4n) is 2.87. The van der Waals surface area contributed by atoms with E-state index < -0.39 is 0 Å². The van der Waals surface area contributed by atoms with Gasteiger partial charge >= 0.3 is 0 Å². The minimum Gasteiger partial charge on any atom is -0.381 e. The summed E-state index contributed by atoms with van der Waals surface area (Å²) in [5.41, 5.74) is -0.0755. The lowest BCUT2D eigenvalue weighted by Gasteiger charge is -2.37. The molecule has 2 rings (SSSR count). The predicted octanol–water partition coefficient (Wildman–Crippen LogP) is 1.73. The van der Waals surface area contributed by atoms with Crippen molar-refractivity contribution in [3.8, 4) is 0 Å². The molecule has 1 aliphatic heterocycles. The van der Waals surface area contributed by atoms with Gasteiger partial charge in [0.25, 0.3) is 0 Å². The molecule has 106 valence electrons. The van der Waals surface area contributed by atoms with Crippen molar-refractivity contribution in [2.24, 2.45) is 0 Å². The first-order valence-electron chi connectivity index (χ1n) is 7.12. The number of morpholine rings is 1. The Bertz CT molecular complexity index is 257. The Labute approximate surface area is 110 Å². The maximum absolute atomic E-state index is 6.00. The molecule has 4 nitrogen and oxygen atoms in total. The van der Waals surface area contributed by atoms with Gasteiger partial charge in [0.15, 0.2) is 0 Å². The molecule has 2 fully saturated rings. The number of hydrogen-bond acceptors (Lipinski definition) is 4. The summed E-state index contributed by atoms with van der Waals surface area (Å²) in [6.45, 7) is 6.74. The zero-order valence-electron chi connectivity index (χ0n) is 11.9. The van der Waals surface area contributed by atoms with Crippen molar-refractivity contribution in [1.82, 2.24) is 5.32 Å². The van der Waals surface area contributed by atoms with Gasteiger partial charge in [0.2, 0.25) is 0 Å². The van der Waals surface area contributed by atoms with Gasteiger partial charge < -0.3 is 19.5 Å². The molecular weight excluding hydrogens is 230 g/mol. The second-order valence-electron chi connectivity index (χ2n) is 6.11. The molecule has 1 heterocycles. The Morgan fingerprint density at radius 2 is 2.06 bits per heavy atom. The smallest absolute Gasteiger partial charge is 0.0940 e. The van der Waals surface area contributed by atoms with Crippen LogP contribution in [0.1, 0.15) is 39.5 Å². The zero-order valence-corrected chi connectivity index (χ0v) is 11.9. The summed E-state index contributed by atoms with van der Waals surface area (Å²) < 4.78 is 17.4. The van der Waals surface area contributed by atoms with Crippen molar-refractivity contribution >= 4 is 0 Å². The van der Waals surface area contributed by atoms with E-state index in [0.717, 1.165) is 25.9 Å². The third kappa shape index (κ3) is 4.19. The van der Waals surface area contributed by atoms with E-state index in [-0.39, 0.29) is 11.7 Å². The van der Waals surface area contributed by atoms with Crippen LogP contribution in [0, 0.1) is 0 Å². The Kier molecular flexibility index (Phi) is 5.01. The summed E-state index contributed by atoms with van der Waals surface area (Å²) in [7, 11) is 1.80. The van der Waals surface area contributed by atoms with Gasteiger partial charge in [-0.1, -0.05) is 0 Å². The highest BCUT2D eigenvalue weighted by Crippen LogP contribution is 2.24. The highest BCUT2D eigenvalue weighted by molar-refractivity contribution is 4.82. The molecule has 0 aromatic carbocycles. The molecule has 0 amide bonds. The van der Waals surface area contributed by atoms with Gasteiger partial charge in [0.05, 0.1) is 30.5 Å². The van der Waals surface area contributed by atoms with E-state index in [9.17, 15) is 0 Å². The predicted molar refractivity (Wildman–Crippen MR) is 70.8 cm³/mol. The number of rotatable bonds is 4. The molecule has 0 aromatic rings. The molecule has 0 radical (unpaired) electrons. The summed E-state index contributed by atoms with van der Waals surface area (Å²) in [5.74, 6) is 0. The average Bonchev–Trinajstić information content (AvgIpc) is 2.35. The van der Waals surface area contributed by atoms with Crippen molar-refractivity contribution < 1.29 is 14.2 Å². The molecule has 1 saturated carbocycles. The monoisotopic (exact) mass is 257 g/mol. The van der Waals surface area contributed by atoms with Gasteiger partial charge in [-0.2, -0.15) is 0 Å². The van der Waals surface area contributed by atoms with Gasteiger partial charge in [-0.25, -0.2) is 0 Å².